The van der Waals surface area contributed by atoms with E-state index in [0.29, 0.717) is 0 Å². The van der Waals surface area contributed by atoms with Crippen LogP contribution in [0.3, 0.4) is 0 Å². The molecular weight excluding hydrogens is 230 g/mol. The molecule has 0 aromatic carbocycles. The molecule has 1 heteroatoms. The van der Waals surface area contributed by atoms with Gasteiger partial charge in [-0.3, -0.25) is 0 Å². The number of hydrogen-bond acceptors (Lipinski definition) is 1. The SMILES string of the molecule is CCNC(CCC1CC1)C12CC3CC(CC(C3)C1)C2. The van der Waals surface area contributed by atoms with Crippen LogP contribution in [0.2, 0.25) is 0 Å². The van der Waals surface area contributed by atoms with Crippen molar-refractivity contribution in [3.8, 4) is 0 Å². The maximum absolute atomic E-state index is 3.92. The second-order valence-corrected chi connectivity index (χ2v) is 8.41. The van der Waals surface area contributed by atoms with Crippen LogP contribution in [0.5, 0.6) is 0 Å². The molecule has 5 aliphatic rings. The second-order valence-electron chi connectivity index (χ2n) is 8.41. The first-order valence-electron chi connectivity index (χ1n) is 9.01. The molecule has 0 amide bonds. The van der Waals surface area contributed by atoms with E-state index in [-0.39, 0.29) is 0 Å². The van der Waals surface area contributed by atoms with Crippen LogP contribution in [0.25, 0.3) is 0 Å². The van der Waals surface area contributed by atoms with Crippen molar-refractivity contribution in [1.29, 1.82) is 0 Å². The fourth-order valence-electron chi connectivity index (χ4n) is 6.28. The zero-order valence-electron chi connectivity index (χ0n) is 12.7. The van der Waals surface area contributed by atoms with Crippen molar-refractivity contribution in [2.75, 3.05) is 6.54 Å². The van der Waals surface area contributed by atoms with Crippen molar-refractivity contribution in [3.63, 3.8) is 0 Å². The van der Waals surface area contributed by atoms with E-state index in [9.17, 15) is 0 Å². The van der Waals surface area contributed by atoms with E-state index in [1.807, 2.05) is 0 Å². The highest BCUT2D eigenvalue weighted by Crippen LogP contribution is 2.61. The fourth-order valence-corrected chi connectivity index (χ4v) is 6.28. The molecule has 0 radical (unpaired) electrons. The van der Waals surface area contributed by atoms with Gasteiger partial charge in [0, 0.05) is 6.04 Å². The lowest BCUT2D eigenvalue weighted by Crippen LogP contribution is -2.55. The number of nitrogens with one attached hydrogen (secondary N) is 1. The lowest BCUT2D eigenvalue weighted by molar-refractivity contribution is -0.0754. The van der Waals surface area contributed by atoms with Crippen LogP contribution in [0.15, 0.2) is 0 Å². The van der Waals surface area contributed by atoms with Crippen LogP contribution in [0.1, 0.15) is 71.1 Å². The summed E-state index contributed by atoms with van der Waals surface area (Å²) >= 11 is 0. The summed E-state index contributed by atoms with van der Waals surface area (Å²) < 4.78 is 0. The topological polar surface area (TPSA) is 12.0 Å². The summed E-state index contributed by atoms with van der Waals surface area (Å²) in [6.07, 6.45) is 15.5. The lowest BCUT2D eigenvalue weighted by atomic mass is 9.47. The lowest BCUT2D eigenvalue weighted by Gasteiger charge is -2.59. The van der Waals surface area contributed by atoms with Gasteiger partial charge in [-0.05, 0) is 87.0 Å². The predicted octanol–water partition coefficient (Wildman–Crippen LogP) is 4.37. The molecule has 5 saturated carbocycles. The van der Waals surface area contributed by atoms with E-state index in [0.717, 1.165) is 35.1 Å². The summed E-state index contributed by atoms with van der Waals surface area (Å²) in [7, 11) is 0. The minimum atomic E-state index is 0.722. The minimum Gasteiger partial charge on any atom is -0.314 e. The molecule has 0 aromatic rings. The smallest absolute Gasteiger partial charge is 0.0124 e. The van der Waals surface area contributed by atoms with Gasteiger partial charge in [-0.25, -0.2) is 0 Å². The first-order chi connectivity index (χ1) is 9.27. The molecule has 1 nitrogen and oxygen atoms in total. The summed E-state index contributed by atoms with van der Waals surface area (Å²) in [6.45, 7) is 3.49. The van der Waals surface area contributed by atoms with Gasteiger partial charge < -0.3 is 5.32 Å². The minimum absolute atomic E-state index is 0.722. The van der Waals surface area contributed by atoms with Crippen molar-refractivity contribution < 1.29 is 0 Å². The Balaban J connectivity index is 1.49. The largest absolute Gasteiger partial charge is 0.314 e. The van der Waals surface area contributed by atoms with Gasteiger partial charge in [-0.2, -0.15) is 0 Å². The summed E-state index contributed by atoms with van der Waals surface area (Å²) in [4.78, 5) is 0. The van der Waals surface area contributed by atoms with Crippen LogP contribution >= 0.6 is 0 Å². The molecule has 0 aliphatic heterocycles. The van der Waals surface area contributed by atoms with Gasteiger partial charge in [-0.1, -0.05) is 19.8 Å². The van der Waals surface area contributed by atoms with Gasteiger partial charge in [0.2, 0.25) is 0 Å². The molecule has 0 heterocycles. The summed E-state index contributed by atoms with van der Waals surface area (Å²) in [6, 6.07) is 0.853. The van der Waals surface area contributed by atoms with Gasteiger partial charge >= 0.3 is 0 Å². The monoisotopic (exact) mass is 261 g/mol. The third-order valence-electron chi connectivity index (χ3n) is 6.84. The number of rotatable bonds is 6. The predicted molar refractivity (Wildman–Crippen MR) is 80.0 cm³/mol. The molecule has 4 bridgehead atoms. The first-order valence-corrected chi connectivity index (χ1v) is 9.01. The maximum Gasteiger partial charge on any atom is 0.0124 e. The normalized spacial score (nSPS) is 45.6. The summed E-state index contributed by atoms with van der Waals surface area (Å²) in [5, 5.41) is 3.92. The van der Waals surface area contributed by atoms with E-state index >= 15 is 0 Å². The van der Waals surface area contributed by atoms with E-state index in [4.69, 9.17) is 0 Å². The Labute approximate surface area is 118 Å². The molecule has 0 saturated heterocycles. The van der Waals surface area contributed by atoms with Crippen molar-refractivity contribution in [2.24, 2.45) is 29.1 Å². The van der Waals surface area contributed by atoms with E-state index in [1.54, 1.807) is 38.5 Å². The molecule has 0 spiro atoms. The first kappa shape index (κ1) is 12.7. The Bertz CT molecular complexity index is 295. The Kier molecular flexibility index (Phi) is 3.17. The van der Waals surface area contributed by atoms with Crippen molar-refractivity contribution in [2.45, 2.75) is 77.2 Å². The quantitative estimate of drug-likeness (QED) is 0.748. The van der Waals surface area contributed by atoms with Gasteiger partial charge in [0.15, 0.2) is 0 Å². The summed E-state index contributed by atoms with van der Waals surface area (Å²) in [5.74, 6) is 4.42. The highest BCUT2D eigenvalue weighted by atomic mass is 14.9. The standard InChI is InChI=1S/C18H31N/c1-2-19-17(6-5-13-3-4-13)18-10-14-7-15(11-18)9-16(8-14)12-18/h13-17,19H,2-12H2,1H3. The van der Waals surface area contributed by atoms with Crippen LogP contribution in [-0.2, 0) is 0 Å². The average Bonchev–Trinajstić information content (AvgIpc) is 3.16. The molecule has 1 N–H and O–H groups in total. The zero-order valence-corrected chi connectivity index (χ0v) is 12.7. The van der Waals surface area contributed by atoms with Crippen LogP contribution < -0.4 is 5.32 Å². The Morgan fingerprint density at radius 1 is 1.00 bits per heavy atom. The van der Waals surface area contributed by atoms with Crippen molar-refractivity contribution >= 4 is 0 Å². The molecule has 0 aromatic heterocycles. The second kappa shape index (κ2) is 4.76. The maximum atomic E-state index is 3.92. The van der Waals surface area contributed by atoms with Crippen molar-refractivity contribution in [1.82, 2.24) is 5.32 Å². The van der Waals surface area contributed by atoms with Crippen molar-refractivity contribution in [3.05, 3.63) is 0 Å². The van der Waals surface area contributed by atoms with E-state index < -0.39 is 0 Å². The molecule has 19 heavy (non-hydrogen) atoms. The van der Waals surface area contributed by atoms with Crippen LogP contribution in [0.4, 0.5) is 0 Å². The van der Waals surface area contributed by atoms with Crippen LogP contribution in [0, 0.1) is 29.1 Å². The third kappa shape index (κ3) is 2.37. The molecule has 5 rings (SSSR count). The Morgan fingerprint density at radius 3 is 2.05 bits per heavy atom. The molecule has 5 aliphatic carbocycles. The third-order valence-corrected chi connectivity index (χ3v) is 6.84. The van der Waals surface area contributed by atoms with Gasteiger partial charge in [-0.15, -0.1) is 0 Å². The molecule has 1 atom stereocenters. The van der Waals surface area contributed by atoms with Gasteiger partial charge in [0.1, 0.15) is 0 Å². The Morgan fingerprint density at radius 2 is 1.58 bits per heavy atom. The highest BCUT2D eigenvalue weighted by Gasteiger charge is 2.53. The van der Waals surface area contributed by atoms with Gasteiger partial charge in [0.25, 0.3) is 0 Å². The Hall–Kier alpha value is -0.0400. The van der Waals surface area contributed by atoms with E-state index in [2.05, 4.69) is 12.2 Å². The zero-order chi connectivity index (χ0) is 12.9. The van der Waals surface area contributed by atoms with Crippen LogP contribution in [-0.4, -0.2) is 12.6 Å². The number of hydrogen-bond donors (Lipinski definition) is 1. The van der Waals surface area contributed by atoms with E-state index in [1.165, 1.54) is 32.2 Å². The van der Waals surface area contributed by atoms with Gasteiger partial charge in [0.05, 0.1) is 0 Å². The average molecular weight is 261 g/mol. The fraction of sp³-hybridized carbons (Fsp3) is 1.00. The molecule has 1 unspecified atom stereocenters. The summed E-state index contributed by atoms with van der Waals surface area (Å²) in [5.41, 5.74) is 0.722. The highest BCUT2D eigenvalue weighted by molar-refractivity contribution is 5.06. The molecular formula is C18H31N. The molecule has 5 fully saturated rings. The molecule has 108 valence electrons.